The number of hydrogen-bond acceptors (Lipinski definition) is 3. The average Bonchev–Trinajstić information content (AvgIpc) is 2.29. The van der Waals surface area contributed by atoms with Crippen molar-refractivity contribution in [2.75, 3.05) is 6.61 Å². The molecule has 1 unspecified atom stereocenters. The van der Waals surface area contributed by atoms with Crippen LogP contribution in [0.4, 0.5) is 0 Å². The molecule has 0 saturated carbocycles. The number of rotatable bonds is 7. The largest absolute Gasteiger partial charge is 0.494 e. The second-order valence-corrected chi connectivity index (χ2v) is 3.13. The Kier molecular flexibility index (Phi) is 4.85. The first kappa shape index (κ1) is 12.0. The maximum Gasteiger partial charge on any atom is 0.326 e. The van der Waals surface area contributed by atoms with Gasteiger partial charge in [-0.2, -0.15) is 0 Å². The van der Waals surface area contributed by atoms with E-state index in [1.165, 1.54) is 0 Å². The summed E-state index contributed by atoms with van der Waals surface area (Å²) >= 11 is 0. The number of para-hydroxylation sites is 1. The summed E-state index contributed by atoms with van der Waals surface area (Å²) in [5, 5.41) is 10.9. The number of benzene rings is 1. The third kappa shape index (κ3) is 4.00. The van der Waals surface area contributed by atoms with Gasteiger partial charge in [0.05, 0.1) is 6.61 Å². The number of carbonyl (C=O) groups excluding carboxylic acids is 1. The van der Waals surface area contributed by atoms with Gasteiger partial charge < -0.3 is 15.2 Å². The average molecular weight is 223 g/mol. The summed E-state index contributed by atoms with van der Waals surface area (Å²) in [6, 6.07) is 8.18. The number of hydrogen-bond donors (Lipinski definition) is 2. The van der Waals surface area contributed by atoms with Gasteiger partial charge in [-0.1, -0.05) is 18.2 Å². The molecule has 1 aromatic carbocycles. The minimum atomic E-state index is -1.07. The van der Waals surface area contributed by atoms with E-state index in [0.717, 1.165) is 0 Å². The molecule has 1 rings (SSSR count). The molecule has 16 heavy (non-hydrogen) atoms. The Morgan fingerprint density at radius 3 is 2.69 bits per heavy atom. The standard InChI is InChI=1S/C11H13NO4/c13-8-12-10(11(14)15)6-7-16-9-4-2-1-3-5-9/h1-5,8,10H,6-7H2,(H,12,13)(H,14,15). The molecule has 86 valence electrons. The molecule has 0 heterocycles. The molecule has 1 amide bonds. The van der Waals surface area contributed by atoms with Crippen LogP contribution < -0.4 is 10.1 Å². The van der Waals surface area contributed by atoms with E-state index in [0.29, 0.717) is 12.2 Å². The van der Waals surface area contributed by atoms with E-state index in [-0.39, 0.29) is 13.0 Å². The van der Waals surface area contributed by atoms with Gasteiger partial charge in [-0.15, -0.1) is 0 Å². The first-order valence-electron chi connectivity index (χ1n) is 4.84. The Hall–Kier alpha value is -2.04. The first-order chi connectivity index (χ1) is 7.74. The van der Waals surface area contributed by atoms with Crippen LogP contribution in [0.3, 0.4) is 0 Å². The second-order valence-electron chi connectivity index (χ2n) is 3.13. The van der Waals surface area contributed by atoms with Gasteiger partial charge >= 0.3 is 5.97 Å². The lowest BCUT2D eigenvalue weighted by atomic mass is 10.2. The SMILES string of the molecule is O=CNC(CCOc1ccccc1)C(=O)O. The molecule has 0 fully saturated rings. The van der Waals surface area contributed by atoms with E-state index < -0.39 is 12.0 Å². The van der Waals surface area contributed by atoms with Gasteiger partial charge in [-0.3, -0.25) is 4.79 Å². The van der Waals surface area contributed by atoms with Gasteiger partial charge in [0.25, 0.3) is 0 Å². The van der Waals surface area contributed by atoms with E-state index in [9.17, 15) is 9.59 Å². The van der Waals surface area contributed by atoms with Crippen molar-refractivity contribution in [3.05, 3.63) is 30.3 Å². The maximum absolute atomic E-state index is 10.7. The number of carboxylic acids is 1. The van der Waals surface area contributed by atoms with Gasteiger partial charge in [0.1, 0.15) is 11.8 Å². The van der Waals surface area contributed by atoms with Crippen LogP contribution >= 0.6 is 0 Å². The van der Waals surface area contributed by atoms with Crippen molar-refractivity contribution in [1.82, 2.24) is 5.32 Å². The van der Waals surface area contributed by atoms with Crippen LogP contribution in [0.15, 0.2) is 30.3 Å². The Bertz CT molecular complexity index is 339. The predicted molar refractivity (Wildman–Crippen MR) is 57.2 cm³/mol. The molecule has 0 radical (unpaired) electrons. The van der Waals surface area contributed by atoms with E-state index in [1.807, 2.05) is 18.2 Å². The molecule has 0 bridgehead atoms. The number of carboxylic acid groups (broad SMARTS) is 1. The van der Waals surface area contributed by atoms with E-state index >= 15 is 0 Å². The van der Waals surface area contributed by atoms with E-state index in [1.54, 1.807) is 12.1 Å². The van der Waals surface area contributed by atoms with Gasteiger partial charge in [0.2, 0.25) is 6.41 Å². The summed E-state index contributed by atoms with van der Waals surface area (Å²) in [5.41, 5.74) is 0. The minimum absolute atomic E-state index is 0.225. The van der Waals surface area contributed by atoms with Crippen molar-refractivity contribution in [1.29, 1.82) is 0 Å². The molecule has 1 aromatic rings. The molecule has 0 aliphatic heterocycles. The number of amides is 1. The van der Waals surface area contributed by atoms with Gasteiger partial charge in [0, 0.05) is 6.42 Å². The Morgan fingerprint density at radius 1 is 1.44 bits per heavy atom. The monoisotopic (exact) mass is 223 g/mol. The highest BCUT2D eigenvalue weighted by Crippen LogP contribution is 2.08. The van der Waals surface area contributed by atoms with Crippen LogP contribution in [0, 0.1) is 0 Å². The second kappa shape index (κ2) is 6.44. The molecule has 0 aliphatic carbocycles. The Morgan fingerprint density at radius 2 is 2.12 bits per heavy atom. The van der Waals surface area contributed by atoms with Gasteiger partial charge in [-0.05, 0) is 12.1 Å². The Balaban J connectivity index is 2.33. The lowest BCUT2D eigenvalue weighted by molar-refractivity contribution is -0.140. The molecule has 1 atom stereocenters. The molecule has 0 aromatic heterocycles. The van der Waals surface area contributed by atoms with Crippen molar-refractivity contribution >= 4 is 12.4 Å². The smallest absolute Gasteiger partial charge is 0.326 e. The van der Waals surface area contributed by atoms with Crippen LogP contribution in [-0.4, -0.2) is 30.1 Å². The summed E-state index contributed by atoms with van der Waals surface area (Å²) < 4.78 is 5.31. The van der Waals surface area contributed by atoms with Crippen molar-refractivity contribution in [2.24, 2.45) is 0 Å². The molecular formula is C11H13NO4. The number of nitrogens with one attached hydrogen (secondary N) is 1. The highest BCUT2D eigenvalue weighted by atomic mass is 16.5. The zero-order valence-corrected chi connectivity index (χ0v) is 8.63. The normalized spacial score (nSPS) is 11.5. The van der Waals surface area contributed by atoms with E-state index in [4.69, 9.17) is 9.84 Å². The molecular weight excluding hydrogens is 210 g/mol. The summed E-state index contributed by atoms with van der Waals surface area (Å²) in [6.45, 7) is 0.238. The molecule has 0 saturated heterocycles. The fraction of sp³-hybridized carbons (Fsp3) is 0.273. The summed E-state index contributed by atoms with van der Waals surface area (Å²) in [5.74, 6) is -0.387. The number of aliphatic carboxylic acids is 1. The van der Waals surface area contributed by atoms with Crippen LogP contribution in [0.5, 0.6) is 5.75 Å². The minimum Gasteiger partial charge on any atom is -0.494 e. The van der Waals surface area contributed by atoms with Crippen LogP contribution in [0.2, 0.25) is 0 Å². The first-order valence-corrected chi connectivity index (χ1v) is 4.84. The summed E-state index contributed by atoms with van der Waals surface area (Å²) in [4.78, 5) is 20.8. The van der Waals surface area contributed by atoms with Crippen LogP contribution in [0.25, 0.3) is 0 Å². The zero-order chi connectivity index (χ0) is 11.8. The van der Waals surface area contributed by atoms with Crippen molar-refractivity contribution < 1.29 is 19.4 Å². The predicted octanol–water partition coefficient (Wildman–Crippen LogP) is 0.655. The topological polar surface area (TPSA) is 75.6 Å². The van der Waals surface area contributed by atoms with Crippen molar-refractivity contribution in [3.63, 3.8) is 0 Å². The van der Waals surface area contributed by atoms with Gasteiger partial charge in [0.15, 0.2) is 0 Å². The maximum atomic E-state index is 10.7. The summed E-state index contributed by atoms with van der Waals surface area (Å²) in [6.07, 6.45) is 0.601. The molecule has 0 spiro atoms. The van der Waals surface area contributed by atoms with Gasteiger partial charge in [-0.25, -0.2) is 4.79 Å². The molecule has 5 heteroatoms. The molecule has 0 aliphatic rings. The zero-order valence-electron chi connectivity index (χ0n) is 8.63. The Labute approximate surface area is 93.0 Å². The lowest BCUT2D eigenvalue weighted by Crippen LogP contribution is -2.36. The highest BCUT2D eigenvalue weighted by molar-refractivity contribution is 5.76. The molecule has 2 N–H and O–H groups in total. The fourth-order valence-corrected chi connectivity index (χ4v) is 1.17. The third-order valence-electron chi connectivity index (χ3n) is 1.99. The van der Waals surface area contributed by atoms with Crippen molar-refractivity contribution in [3.8, 4) is 5.75 Å². The summed E-state index contributed by atoms with van der Waals surface area (Å²) in [7, 11) is 0. The van der Waals surface area contributed by atoms with Crippen molar-refractivity contribution in [2.45, 2.75) is 12.5 Å². The van der Waals surface area contributed by atoms with Crippen LogP contribution in [-0.2, 0) is 9.59 Å². The number of carbonyl (C=O) groups is 2. The highest BCUT2D eigenvalue weighted by Gasteiger charge is 2.15. The molecule has 5 nitrogen and oxygen atoms in total. The quantitative estimate of drug-likeness (QED) is 0.666. The van der Waals surface area contributed by atoms with Crippen LogP contribution in [0.1, 0.15) is 6.42 Å². The number of ether oxygens (including phenoxy) is 1. The van der Waals surface area contributed by atoms with E-state index in [2.05, 4.69) is 5.32 Å². The fourth-order valence-electron chi connectivity index (χ4n) is 1.17. The lowest BCUT2D eigenvalue weighted by Gasteiger charge is -2.11. The third-order valence-corrected chi connectivity index (χ3v) is 1.99.